The van der Waals surface area contributed by atoms with Gasteiger partial charge in [0.05, 0.1) is 13.5 Å². The molecule has 0 radical (unpaired) electrons. The lowest BCUT2D eigenvalue weighted by Gasteiger charge is -2.53. The topological polar surface area (TPSA) is 133 Å². The minimum absolute atomic E-state index is 0.273. The number of hydrogen-bond donors (Lipinski definition) is 3. The van der Waals surface area contributed by atoms with Crippen LogP contribution >= 0.6 is 0 Å². The van der Waals surface area contributed by atoms with E-state index in [2.05, 4.69) is 5.32 Å². The highest BCUT2D eigenvalue weighted by Crippen LogP contribution is 2.38. The molecule has 1 saturated heterocycles. The Morgan fingerprint density at radius 1 is 1.25 bits per heavy atom. The molecule has 1 aliphatic heterocycles. The fourth-order valence-electron chi connectivity index (χ4n) is 3.63. The number of hydroxylamine groups is 2. The second kappa shape index (κ2) is 6.95. The van der Waals surface area contributed by atoms with Gasteiger partial charge in [0.2, 0.25) is 5.91 Å². The van der Waals surface area contributed by atoms with Crippen LogP contribution in [-0.4, -0.2) is 64.5 Å². The molecule has 24 heavy (non-hydrogen) atoms. The summed E-state index contributed by atoms with van der Waals surface area (Å²) in [5.74, 6) is -2.50. The van der Waals surface area contributed by atoms with Crippen LogP contribution in [0.1, 0.15) is 47.0 Å². The molecule has 9 nitrogen and oxygen atoms in total. The average Bonchev–Trinajstić information content (AvgIpc) is 2.31. The number of carbonyl (C=O) groups is 2. The summed E-state index contributed by atoms with van der Waals surface area (Å²) < 4.78 is 31.0. The van der Waals surface area contributed by atoms with E-state index in [0.717, 1.165) is 0 Å². The number of amides is 1. The molecule has 3 N–H and O–H groups in total. The van der Waals surface area contributed by atoms with Crippen LogP contribution in [-0.2, 0) is 24.5 Å². The highest BCUT2D eigenvalue weighted by molar-refractivity contribution is 7.87. The first-order valence-electron chi connectivity index (χ1n) is 7.53. The summed E-state index contributed by atoms with van der Waals surface area (Å²) in [4.78, 5) is 28.4. The largest absolute Gasteiger partial charge is 0.480 e. The van der Waals surface area contributed by atoms with Crippen molar-refractivity contribution in [2.24, 2.45) is 0 Å². The van der Waals surface area contributed by atoms with Gasteiger partial charge < -0.3 is 15.3 Å². The Balaban J connectivity index is 2.83. The molecule has 1 amide bonds. The predicted molar refractivity (Wildman–Crippen MR) is 85.8 cm³/mol. The summed E-state index contributed by atoms with van der Waals surface area (Å²) in [6, 6.07) is -0.273. The maximum atomic E-state index is 12.1. The van der Waals surface area contributed by atoms with Crippen LogP contribution in [0.4, 0.5) is 0 Å². The number of piperidine rings is 1. The minimum atomic E-state index is -4.85. The zero-order valence-corrected chi connectivity index (χ0v) is 15.4. The third kappa shape index (κ3) is 4.88. The first-order valence-corrected chi connectivity index (χ1v) is 9.04. The minimum Gasteiger partial charge on any atom is -0.480 e. The van der Waals surface area contributed by atoms with Crippen LogP contribution in [0, 0.1) is 0 Å². The van der Waals surface area contributed by atoms with Crippen molar-refractivity contribution >= 4 is 22.0 Å². The molecule has 0 aromatic carbocycles. The Bertz CT molecular complexity index is 582. The van der Waals surface area contributed by atoms with Crippen molar-refractivity contribution in [2.75, 3.05) is 7.11 Å². The van der Waals surface area contributed by atoms with Gasteiger partial charge in [0.1, 0.15) is 0 Å². The van der Waals surface area contributed by atoms with E-state index in [0.29, 0.717) is 12.8 Å². The molecule has 1 heterocycles. The van der Waals surface area contributed by atoms with Crippen LogP contribution < -0.4 is 5.32 Å². The molecule has 140 valence electrons. The van der Waals surface area contributed by atoms with Gasteiger partial charge >= 0.3 is 5.97 Å². The van der Waals surface area contributed by atoms with Crippen molar-refractivity contribution in [3.05, 3.63) is 0 Å². The van der Waals surface area contributed by atoms with E-state index in [1.165, 1.54) is 0 Å². The molecule has 0 bridgehead atoms. The number of nitrogens with one attached hydrogen (secondary N) is 1. The number of carboxylic acid groups (broad SMARTS) is 1. The van der Waals surface area contributed by atoms with Crippen LogP contribution in [0.2, 0.25) is 0 Å². The number of hydrogen-bond acceptors (Lipinski definition) is 6. The number of rotatable bonds is 6. The monoisotopic (exact) mass is 366 g/mol. The van der Waals surface area contributed by atoms with E-state index in [-0.39, 0.29) is 17.1 Å². The summed E-state index contributed by atoms with van der Waals surface area (Å²) >= 11 is 0. The molecule has 1 unspecified atom stereocenters. The van der Waals surface area contributed by atoms with E-state index in [1.54, 1.807) is 7.11 Å². The van der Waals surface area contributed by atoms with Crippen LogP contribution in [0.25, 0.3) is 0 Å². The molecule has 0 aromatic heterocycles. The van der Waals surface area contributed by atoms with E-state index in [1.807, 2.05) is 32.8 Å². The lowest BCUT2D eigenvalue weighted by Crippen LogP contribution is -2.63. The third-order valence-corrected chi connectivity index (χ3v) is 5.23. The van der Waals surface area contributed by atoms with Gasteiger partial charge in [-0.3, -0.25) is 14.1 Å². The van der Waals surface area contributed by atoms with Crippen molar-refractivity contribution in [3.8, 4) is 0 Å². The van der Waals surface area contributed by atoms with Crippen molar-refractivity contribution in [1.29, 1.82) is 0 Å². The lowest BCUT2D eigenvalue weighted by molar-refractivity contribution is -0.267. The predicted octanol–water partition coefficient (Wildman–Crippen LogP) is 0.417. The smallest absolute Gasteiger partial charge is 0.324 e. The quantitative estimate of drug-likeness (QED) is 0.576. The SMILES string of the molecule is CON1C(C)(C)CC(NC(=O)CC(C(=O)O)S(=O)(=O)O)CC1(C)C. The molecule has 0 spiro atoms. The summed E-state index contributed by atoms with van der Waals surface area (Å²) in [6.07, 6.45) is 0.249. The van der Waals surface area contributed by atoms with Crippen LogP contribution in [0.3, 0.4) is 0 Å². The first kappa shape index (κ1) is 20.8. The van der Waals surface area contributed by atoms with Gasteiger partial charge in [-0.25, -0.2) is 0 Å². The average molecular weight is 366 g/mol. The van der Waals surface area contributed by atoms with Gasteiger partial charge in [-0.15, -0.1) is 0 Å². The van der Waals surface area contributed by atoms with Gasteiger partial charge in [0, 0.05) is 17.1 Å². The Morgan fingerprint density at radius 2 is 1.71 bits per heavy atom. The van der Waals surface area contributed by atoms with Gasteiger partial charge in [0.15, 0.2) is 5.25 Å². The highest BCUT2D eigenvalue weighted by atomic mass is 32.2. The summed E-state index contributed by atoms with van der Waals surface area (Å²) in [5, 5.41) is 11.2. The van der Waals surface area contributed by atoms with Gasteiger partial charge in [-0.2, -0.15) is 13.5 Å². The molecular formula is C14H26N2O7S. The van der Waals surface area contributed by atoms with Crippen LogP contribution in [0.15, 0.2) is 0 Å². The molecule has 1 aliphatic rings. The van der Waals surface area contributed by atoms with Crippen molar-refractivity contribution in [2.45, 2.75) is 69.3 Å². The molecule has 10 heteroatoms. The summed E-state index contributed by atoms with van der Waals surface area (Å²) in [7, 11) is -3.27. The number of carboxylic acids is 1. The standard InChI is InChI=1S/C14H26N2O7S/c1-13(2)7-9(8-14(3,4)16(13)23-5)15-11(17)6-10(12(18)19)24(20,21)22/h9-10H,6-8H2,1-5H3,(H,15,17)(H,18,19)(H,20,21,22). The van der Waals surface area contributed by atoms with Crippen molar-refractivity contribution < 1.29 is 32.5 Å². The van der Waals surface area contributed by atoms with Crippen LogP contribution in [0.5, 0.6) is 0 Å². The van der Waals surface area contributed by atoms with Crippen molar-refractivity contribution in [1.82, 2.24) is 10.4 Å². The molecular weight excluding hydrogens is 340 g/mol. The maximum absolute atomic E-state index is 12.1. The molecule has 0 aliphatic carbocycles. The Morgan fingerprint density at radius 3 is 2.04 bits per heavy atom. The second-order valence-electron chi connectivity index (χ2n) is 7.32. The molecule has 1 rings (SSSR count). The highest BCUT2D eigenvalue weighted by Gasteiger charge is 2.46. The number of aliphatic carboxylic acids is 1. The summed E-state index contributed by atoms with van der Waals surface area (Å²) in [5.41, 5.74) is -0.770. The fraction of sp³-hybridized carbons (Fsp3) is 0.857. The summed E-state index contributed by atoms with van der Waals surface area (Å²) in [6.45, 7) is 7.81. The van der Waals surface area contributed by atoms with Crippen molar-refractivity contribution in [3.63, 3.8) is 0 Å². The third-order valence-electron chi connectivity index (χ3n) is 4.14. The molecule has 0 saturated carbocycles. The van der Waals surface area contributed by atoms with Gasteiger partial charge in [-0.05, 0) is 40.5 Å². The number of nitrogens with zero attached hydrogens (tertiary/aromatic N) is 1. The second-order valence-corrected chi connectivity index (χ2v) is 8.92. The van der Waals surface area contributed by atoms with E-state index in [9.17, 15) is 18.0 Å². The molecule has 0 aromatic rings. The Labute approximate surface area is 142 Å². The Kier molecular flexibility index (Phi) is 6.02. The zero-order chi connectivity index (χ0) is 18.9. The van der Waals surface area contributed by atoms with Gasteiger partial charge in [-0.1, -0.05) is 0 Å². The van der Waals surface area contributed by atoms with E-state index < -0.39 is 33.7 Å². The molecule has 1 atom stereocenters. The zero-order valence-electron chi connectivity index (χ0n) is 14.6. The number of carbonyl (C=O) groups excluding carboxylic acids is 1. The molecule has 1 fully saturated rings. The maximum Gasteiger partial charge on any atom is 0.324 e. The normalized spacial score (nSPS) is 22.8. The van der Waals surface area contributed by atoms with E-state index >= 15 is 0 Å². The Hall–Kier alpha value is -1.23. The van der Waals surface area contributed by atoms with Gasteiger partial charge in [0.25, 0.3) is 10.1 Å². The van der Waals surface area contributed by atoms with E-state index in [4.69, 9.17) is 14.5 Å². The first-order chi connectivity index (χ1) is 10.7. The fourth-order valence-corrected chi connectivity index (χ4v) is 4.25. The lowest BCUT2D eigenvalue weighted by atomic mass is 9.79.